The summed E-state index contributed by atoms with van der Waals surface area (Å²) in [5.74, 6) is 0. The molecule has 0 heterocycles. The van der Waals surface area contributed by atoms with Crippen LogP contribution in [0.15, 0.2) is 23.1 Å². The lowest BCUT2D eigenvalue weighted by Gasteiger charge is -2.12. The first-order valence-electron chi connectivity index (χ1n) is 6.21. The molecule has 1 aliphatic rings. The molecule has 5 nitrogen and oxygen atoms in total. The molecule has 0 saturated heterocycles. The van der Waals surface area contributed by atoms with Gasteiger partial charge in [0.1, 0.15) is 0 Å². The van der Waals surface area contributed by atoms with Crippen LogP contribution in [0.5, 0.6) is 0 Å². The highest BCUT2D eigenvalue weighted by molar-refractivity contribution is 7.89. The molecule has 0 bridgehead atoms. The van der Waals surface area contributed by atoms with E-state index in [1.807, 2.05) is 6.07 Å². The predicted octanol–water partition coefficient (Wildman–Crippen LogP) is 2.02. The average molecular weight is 280 g/mol. The Bertz CT molecular complexity index is 599. The zero-order valence-corrected chi connectivity index (χ0v) is 11.5. The fourth-order valence-electron chi connectivity index (χ4n) is 2.11. The number of hydrogen-bond acceptors (Lipinski definition) is 4. The molecule has 1 aliphatic carbocycles. The van der Waals surface area contributed by atoms with E-state index in [2.05, 4.69) is 4.89 Å². The lowest BCUT2D eigenvalue weighted by Crippen LogP contribution is -2.28. The van der Waals surface area contributed by atoms with Gasteiger partial charge < -0.3 is 0 Å². The Morgan fingerprint density at radius 2 is 2.05 bits per heavy atom. The fraction of sp³-hybridized carbons (Fsp3) is 0.462. The van der Waals surface area contributed by atoms with Crippen molar-refractivity contribution in [3.8, 4) is 6.07 Å². The van der Waals surface area contributed by atoms with Crippen molar-refractivity contribution < 1.29 is 13.3 Å². The Labute approximate surface area is 113 Å². The predicted molar refractivity (Wildman–Crippen MR) is 69.6 cm³/mol. The lowest BCUT2D eigenvalue weighted by atomic mass is 10.1. The second-order valence-corrected chi connectivity index (χ2v) is 6.34. The first kappa shape index (κ1) is 14.0. The zero-order chi connectivity index (χ0) is 13.9. The van der Waals surface area contributed by atoms with Gasteiger partial charge >= 0.3 is 0 Å². The van der Waals surface area contributed by atoms with E-state index in [9.17, 15) is 8.42 Å². The summed E-state index contributed by atoms with van der Waals surface area (Å²) in [5, 5.41) is 8.82. The quantitative estimate of drug-likeness (QED) is 0.856. The third-order valence-corrected chi connectivity index (χ3v) is 4.45. The number of nitriles is 1. The van der Waals surface area contributed by atoms with Crippen LogP contribution in [0.1, 0.15) is 36.8 Å². The molecule has 0 aromatic heterocycles. The molecule has 2 rings (SSSR count). The summed E-state index contributed by atoms with van der Waals surface area (Å²) in [6.07, 6.45) is 3.88. The highest BCUT2D eigenvalue weighted by Gasteiger charge is 2.21. The van der Waals surface area contributed by atoms with Crippen molar-refractivity contribution in [3.05, 3.63) is 29.3 Å². The molecule has 19 heavy (non-hydrogen) atoms. The standard InChI is InChI=1S/C13H16N2O3S/c1-10-8-13(7-6-11(10)9-14)19(16,17)15-18-12-4-2-3-5-12/h6-8,12,15H,2-5H2,1H3. The molecule has 1 fully saturated rings. The molecule has 0 radical (unpaired) electrons. The van der Waals surface area contributed by atoms with Crippen LogP contribution in [0.2, 0.25) is 0 Å². The maximum absolute atomic E-state index is 12.0. The van der Waals surface area contributed by atoms with Crippen LogP contribution in [-0.2, 0) is 14.9 Å². The second-order valence-electron chi connectivity index (χ2n) is 4.70. The fourth-order valence-corrected chi connectivity index (χ4v) is 3.05. The molecule has 0 spiro atoms. The normalized spacial score (nSPS) is 16.4. The van der Waals surface area contributed by atoms with E-state index in [-0.39, 0.29) is 11.0 Å². The van der Waals surface area contributed by atoms with E-state index < -0.39 is 10.0 Å². The molecular weight excluding hydrogens is 264 g/mol. The van der Waals surface area contributed by atoms with Crippen LogP contribution in [0.3, 0.4) is 0 Å². The van der Waals surface area contributed by atoms with Crippen LogP contribution >= 0.6 is 0 Å². The summed E-state index contributed by atoms with van der Waals surface area (Å²) in [7, 11) is -3.68. The first-order valence-corrected chi connectivity index (χ1v) is 7.69. The van der Waals surface area contributed by atoms with E-state index in [1.54, 1.807) is 6.92 Å². The Hall–Kier alpha value is -1.42. The summed E-state index contributed by atoms with van der Waals surface area (Å²) in [5.41, 5.74) is 1.10. The van der Waals surface area contributed by atoms with Crippen molar-refractivity contribution in [3.63, 3.8) is 0 Å². The van der Waals surface area contributed by atoms with E-state index in [1.165, 1.54) is 18.2 Å². The number of rotatable bonds is 4. The Kier molecular flexibility index (Phi) is 4.20. The van der Waals surface area contributed by atoms with Crippen molar-refractivity contribution in [2.24, 2.45) is 0 Å². The van der Waals surface area contributed by atoms with Crippen LogP contribution in [0.25, 0.3) is 0 Å². The van der Waals surface area contributed by atoms with Gasteiger partial charge in [-0.05, 0) is 43.5 Å². The van der Waals surface area contributed by atoms with E-state index in [0.717, 1.165) is 25.7 Å². The minimum absolute atomic E-state index is 0.0331. The van der Waals surface area contributed by atoms with Gasteiger partial charge in [-0.25, -0.2) is 8.42 Å². The number of nitrogens with one attached hydrogen (secondary N) is 1. The molecule has 0 atom stereocenters. The minimum atomic E-state index is -3.68. The Morgan fingerprint density at radius 3 is 2.63 bits per heavy atom. The molecule has 0 aliphatic heterocycles. The largest absolute Gasteiger partial charge is 0.284 e. The molecule has 1 saturated carbocycles. The second kappa shape index (κ2) is 5.70. The molecule has 0 amide bonds. The van der Waals surface area contributed by atoms with Gasteiger partial charge in [-0.3, -0.25) is 4.84 Å². The SMILES string of the molecule is Cc1cc(S(=O)(=O)NOC2CCCC2)ccc1C#N. The summed E-state index contributed by atoms with van der Waals surface area (Å²) in [6, 6.07) is 6.38. The molecule has 1 aromatic carbocycles. The number of benzene rings is 1. The highest BCUT2D eigenvalue weighted by Crippen LogP contribution is 2.21. The van der Waals surface area contributed by atoms with E-state index >= 15 is 0 Å². The van der Waals surface area contributed by atoms with Gasteiger partial charge in [0, 0.05) is 0 Å². The summed E-state index contributed by atoms with van der Waals surface area (Å²) < 4.78 is 24.0. The smallest absolute Gasteiger partial charge is 0.262 e. The van der Waals surface area contributed by atoms with Crippen molar-refractivity contribution in [1.82, 2.24) is 4.89 Å². The molecule has 1 N–H and O–H groups in total. The van der Waals surface area contributed by atoms with Gasteiger partial charge in [-0.1, -0.05) is 17.7 Å². The molecule has 0 unspecified atom stereocenters. The molecular formula is C13H16N2O3S. The highest BCUT2D eigenvalue weighted by atomic mass is 32.2. The summed E-state index contributed by atoms with van der Waals surface area (Å²) in [4.78, 5) is 7.50. The third kappa shape index (κ3) is 3.32. The third-order valence-electron chi connectivity index (χ3n) is 3.26. The number of nitrogens with zero attached hydrogens (tertiary/aromatic N) is 1. The van der Waals surface area contributed by atoms with Gasteiger partial charge in [0.2, 0.25) is 0 Å². The van der Waals surface area contributed by atoms with Gasteiger partial charge in [0.05, 0.1) is 22.6 Å². The monoisotopic (exact) mass is 280 g/mol. The van der Waals surface area contributed by atoms with E-state index in [0.29, 0.717) is 11.1 Å². The summed E-state index contributed by atoms with van der Waals surface area (Å²) >= 11 is 0. The maximum atomic E-state index is 12.0. The van der Waals surface area contributed by atoms with E-state index in [4.69, 9.17) is 10.1 Å². The van der Waals surface area contributed by atoms with Crippen LogP contribution in [0, 0.1) is 18.3 Å². The molecule has 1 aromatic rings. The Morgan fingerprint density at radius 1 is 1.37 bits per heavy atom. The molecule has 6 heteroatoms. The van der Waals surface area contributed by atoms with Gasteiger partial charge in [-0.15, -0.1) is 0 Å². The lowest BCUT2D eigenvalue weighted by molar-refractivity contribution is 0.0223. The van der Waals surface area contributed by atoms with Crippen molar-refractivity contribution in [2.45, 2.75) is 43.6 Å². The topological polar surface area (TPSA) is 79.2 Å². The zero-order valence-electron chi connectivity index (χ0n) is 10.7. The van der Waals surface area contributed by atoms with Gasteiger partial charge in [0.15, 0.2) is 0 Å². The van der Waals surface area contributed by atoms with Crippen LogP contribution in [0.4, 0.5) is 0 Å². The van der Waals surface area contributed by atoms with Crippen LogP contribution in [-0.4, -0.2) is 14.5 Å². The Balaban J connectivity index is 2.10. The van der Waals surface area contributed by atoms with Gasteiger partial charge in [0.25, 0.3) is 10.0 Å². The average Bonchev–Trinajstić information content (AvgIpc) is 2.89. The molecule has 102 valence electrons. The van der Waals surface area contributed by atoms with Crippen molar-refractivity contribution >= 4 is 10.0 Å². The maximum Gasteiger partial charge on any atom is 0.262 e. The summed E-state index contributed by atoms with van der Waals surface area (Å²) in [6.45, 7) is 1.70. The first-order chi connectivity index (χ1) is 9.03. The van der Waals surface area contributed by atoms with Gasteiger partial charge in [-0.2, -0.15) is 5.26 Å². The van der Waals surface area contributed by atoms with Crippen molar-refractivity contribution in [1.29, 1.82) is 5.26 Å². The number of hydrogen-bond donors (Lipinski definition) is 1. The number of aryl methyl sites for hydroxylation is 1. The van der Waals surface area contributed by atoms with Crippen molar-refractivity contribution in [2.75, 3.05) is 0 Å². The minimum Gasteiger partial charge on any atom is -0.284 e. The van der Waals surface area contributed by atoms with Crippen LogP contribution < -0.4 is 4.89 Å². The number of sulfonamides is 1.